The van der Waals surface area contributed by atoms with E-state index in [-0.39, 0.29) is 5.39 Å². The Morgan fingerprint density at radius 2 is 1.73 bits per heavy atom. The minimum absolute atomic E-state index is 0.106. The van der Waals surface area contributed by atoms with Crippen LogP contribution in [0.1, 0.15) is 30.9 Å². The first kappa shape index (κ1) is 28.6. The van der Waals surface area contributed by atoms with Gasteiger partial charge in [0.15, 0.2) is 28.8 Å². The number of nitrogens with zero attached hydrogens (tertiary/aromatic N) is 4. The fourth-order valence-electron chi connectivity index (χ4n) is 3.93. The van der Waals surface area contributed by atoms with Gasteiger partial charge in [-0.1, -0.05) is 0 Å². The standard InChI is InChI=1S/C24H17F8N5O3/c1-10(40-15-8-35-36-22(38)17(15)24(30,31)32)4-13(25)9-37-3-2-11-5-14(18(26)19(27)16(11)23(37)39)21-33-6-12(7-34-21)20(28)29/h2-3,5-8,10,13,20H,4,9H2,1H3,(H,36,38)/t10-,13+/m0/s1. The summed E-state index contributed by atoms with van der Waals surface area (Å²) in [6, 6.07) is 2.22. The number of aromatic nitrogens is 5. The maximum atomic E-state index is 14.9. The van der Waals surface area contributed by atoms with Gasteiger partial charge in [0, 0.05) is 25.0 Å². The summed E-state index contributed by atoms with van der Waals surface area (Å²) in [5, 5.41) is 4.04. The van der Waals surface area contributed by atoms with Gasteiger partial charge in [0.25, 0.3) is 17.5 Å². The lowest BCUT2D eigenvalue weighted by Crippen LogP contribution is -2.29. The zero-order valence-corrected chi connectivity index (χ0v) is 20.1. The number of aromatic amines is 1. The quantitative estimate of drug-likeness (QED) is 0.298. The molecule has 0 fully saturated rings. The van der Waals surface area contributed by atoms with Crippen LogP contribution in [0.25, 0.3) is 22.2 Å². The van der Waals surface area contributed by atoms with Gasteiger partial charge >= 0.3 is 6.18 Å². The number of halogens is 8. The second-order valence-corrected chi connectivity index (χ2v) is 8.63. The van der Waals surface area contributed by atoms with Gasteiger partial charge in [0.2, 0.25) is 0 Å². The fourth-order valence-corrected chi connectivity index (χ4v) is 3.93. The Bertz CT molecular complexity index is 1650. The molecule has 0 saturated heterocycles. The van der Waals surface area contributed by atoms with Crippen molar-refractivity contribution in [3.05, 3.63) is 80.4 Å². The van der Waals surface area contributed by atoms with Crippen molar-refractivity contribution in [3.63, 3.8) is 0 Å². The molecule has 4 aromatic rings. The molecule has 0 saturated carbocycles. The van der Waals surface area contributed by atoms with Crippen molar-refractivity contribution < 1.29 is 39.9 Å². The van der Waals surface area contributed by atoms with Gasteiger partial charge in [-0.3, -0.25) is 9.59 Å². The fraction of sp³-hybridized carbons (Fsp3) is 0.292. The molecule has 0 aliphatic heterocycles. The van der Waals surface area contributed by atoms with Gasteiger partial charge in [-0.2, -0.15) is 18.3 Å². The van der Waals surface area contributed by atoms with E-state index >= 15 is 0 Å². The minimum Gasteiger partial charge on any atom is -0.488 e. The van der Waals surface area contributed by atoms with Crippen molar-refractivity contribution in [3.8, 4) is 17.1 Å². The monoisotopic (exact) mass is 575 g/mol. The first-order valence-corrected chi connectivity index (χ1v) is 11.3. The molecule has 3 aromatic heterocycles. The van der Waals surface area contributed by atoms with Crippen LogP contribution in [0.4, 0.5) is 35.1 Å². The Balaban J connectivity index is 1.55. The van der Waals surface area contributed by atoms with Crippen molar-refractivity contribution in [2.75, 3.05) is 0 Å². The number of alkyl halides is 6. The van der Waals surface area contributed by atoms with Gasteiger partial charge in [-0.25, -0.2) is 37.0 Å². The lowest BCUT2D eigenvalue weighted by Gasteiger charge is -2.19. The zero-order valence-electron chi connectivity index (χ0n) is 20.1. The third kappa shape index (κ3) is 5.79. The average molecular weight is 575 g/mol. The molecular weight excluding hydrogens is 558 g/mol. The molecular formula is C24H17F8N5O3. The average Bonchev–Trinajstić information content (AvgIpc) is 2.86. The molecule has 16 heteroatoms. The highest BCUT2D eigenvalue weighted by Gasteiger charge is 2.38. The molecule has 8 nitrogen and oxygen atoms in total. The third-order valence-corrected chi connectivity index (χ3v) is 5.73. The normalized spacial score (nSPS) is 13.6. The highest BCUT2D eigenvalue weighted by Crippen LogP contribution is 2.33. The maximum Gasteiger partial charge on any atom is 0.425 e. The van der Waals surface area contributed by atoms with E-state index in [1.165, 1.54) is 13.0 Å². The van der Waals surface area contributed by atoms with Gasteiger partial charge in [-0.15, -0.1) is 0 Å². The van der Waals surface area contributed by atoms with Gasteiger partial charge in [0.05, 0.1) is 35.4 Å². The number of fused-ring (bicyclic) bond motifs is 1. The Kier molecular flexibility index (Phi) is 7.88. The summed E-state index contributed by atoms with van der Waals surface area (Å²) in [6.07, 6.45) is -8.41. The maximum absolute atomic E-state index is 14.9. The van der Waals surface area contributed by atoms with Crippen LogP contribution in [-0.4, -0.2) is 37.0 Å². The zero-order chi connectivity index (χ0) is 29.4. The molecule has 0 amide bonds. The molecule has 2 atom stereocenters. The molecule has 0 aliphatic rings. The number of pyridine rings is 1. The first-order valence-electron chi connectivity index (χ1n) is 11.3. The topological polar surface area (TPSA) is 103 Å². The van der Waals surface area contributed by atoms with E-state index in [0.29, 0.717) is 6.20 Å². The van der Waals surface area contributed by atoms with Gasteiger partial charge in [-0.05, 0) is 24.4 Å². The van der Waals surface area contributed by atoms with E-state index in [1.54, 1.807) is 5.10 Å². The van der Waals surface area contributed by atoms with Crippen LogP contribution >= 0.6 is 0 Å². The van der Waals surface area contributed by atoms with Crippen LogP contribution in [0.5, 0.6) is 5.75 Å². The lowest BCUT2D eigenvalue weighted by atomic mass is 10.1. The van der Waals surface area contributed by atoms with E-state index in [9.17, 15) is 44.7 Å². The number of ether oxygens (including phenoxy) is 1. The molecule has 1 aromatic carbocycles. The summed E-state index contributed by atoms with van der Waals surface area (Å²) < 4.78 is 115. The second kappa shape index (κ2) is 11.0. The van der Waals surface area contributed by atoms with Crippen LogP contribution in [0.3, 0.4) is 0 Å². The number of rotatable bonds is 8. The lowest BCUT2D eigenvalue weighted by molar-refractivity contribution is -0.140. The van der Waals surface area contributed by atoms with Crippen molar-refractivity contribution in [1.82, 2.24) is 24.7 Å². The summed E-state index contributed by atoms with van der Waals surface area (Å²) in [5.41, 5.74) is -5.34. The Morgan fingerprint density at radius 3 is 2.35 bits per heavy atom. The molecule has 0 radical (unpaired) electrons. The molecule has 40 heavy (non-hydrogen) atoms. The largest absolute Gasteiger partial charge is 0.488 e. The SMILES string of the molecule is C[C@@H](C[C@@H](F)Cn1ccc2cc(-c3ncc(C(F)F)cn3)c(F)c(F)c2c1=O)Oc1cn[nH]c(=O)c1C(F)(F)F. The molecule has 0 unspecified atom stereocenters. The summed E-state index contributed by atoms with van der Waals surface area (Å²) in [6.45, 7) is 0.535. The molecule has 1 N–H and O–H groups in total. The highest BCUT2D eigenvalue weighted by atomic mass is 19.4. The number of nitrogens with one attached hydrogen (secondary N) is 1. The van der Waals surface area contributed by atoms with E-state index in [2.05, 4.69) is 15.1 Å². The predicted octanol–water partition coefficient (Wildman–Crippen LogP) is 4.97. The number of hydrogen-bond donors (Lipinski definition) is 1. The first-order chi connectivity index (χ1) is 18.8. The van der Waals surface area contributed by atoms with Gasteiger partial charge in [0.1, 0.15) is 6.17 Å². The molecule has 4 rings (SSSR count). The third-order valence-electron chi connectivity index (χ3n) is 5.73. The van der Waals surface area contributed by atoms with Gasteiger partial charge < -0.3 is 9.30 Å². The Hall–Kier alpha value is -4.37. The van der Waals surface area contributed by atoms with E-state index in [4.69, 9.17) is 4.74 Å². The molecule has 0 aliphatic carbocycles. The summed E-state index contributed by atoms with van der Waals surface area (Å²) in [5.74, 6) is -4.45. The summed E-state index contributed by atoms with van der Waals surface area (Å²) >= 11 is 0. The van der Waals surface area contributed by atoms with Crippen LogP contribution in [-0.2, 0) is 12.7 Å². The Morgan fingerprint density at radius 1 is 1.05 bits per heavy atom. The van der Waals surface area contributed by atoms with Crippen LogP contribution in [0.15, 0.2) is 46.5 Å². The molecule has 3 heterocycles. The summed E-state index contributed by atoms with van der Waals surface area (Å²) in [4.78, 5) is 31.6. The minimum atomic E-state index is -5.07. The smallest absolute Gasteiger partial charge is 0.425 e. The van der Waals surface area contributed by atoms with E-state index in [1.807, 2.05) is 0 Å². The van der Waals surface area contributed by atoms with Crippen LogP contribution in [0.2, 0.25) is 0 Å². The number of hydrogen-bond acceptors (Lipinski definition) is 6. The van der Waals surface area contributed by atoms with Crippen molar-refractivity contribution in [1.29, 1.82) is 0 Å². The second-order valence-electron chi connectivity index (χ2n) is 8.63. The Labute approximate surface area is 218 Å². The van der Waals surface area contributed by atoms with Crippen molar-refractivity contribution in [2.24, 2.45) is 0 Å². The predicted molar refractivity (Wildman–Crippen MR) is 124 cm³/mol. The molecule has 0 bridgehead atoms. The van der Waals surface area contributed by atoms with E-state index in [0.717, 1.165) is 29.2 Å². The number of H-pyrrole nitrogens is 1. The molecule has 0 spiro atoms. The van der Waals surface area contributed by atoms with E-state index < -0.39 is 94.2 Å². The van der Waals surface area contributed by atoms with Crippen molar-refractivity contribution in [2.45, 2.75) is 44.8 Å². The van der Waals surface area contributed by atoms with Crippen LogP contribution in [0, 0.1) is 11.6 Å². The molecule has 212 valence electrons. The van der Waals surface area contributed by atoms with Crippen LogP contribution < -0.4 is 15.9 Å². The van der Waals surface area contributed by atoms with Crippen molar-refractivity contribution >= 4 is 10.8 Å². The highest BCUT2D eigenvalue weighted by molar-refractivity contribution is 5.86. The summed E-state index contributed by atoms with van der Waals surface area (Å²) in [7, 11) is 0. The number of benzene rings is 1.